The van der Waals surface area contributed by atoms with Crippen molar-refractivity contribution in [3.8, 4) is 0 Å². The summed E-state index contributed by atoms with van der Waals surface area (Å²) in [7, 11) is 9.63. The van der Waals surface area contributed by atoms with E-state index >= 15 is 0 Å². The molecular formula is C10H14Cl2Pd. The van der Waals surface area contributed by atoms with Crippen LogP contribution in [0.2, 0.25) is 0 Å². The summed E-state index contributed by atoms with van der Waals surface area (Å²) in [4.78, 5) is 0. The molecule has 0 fully saturated rings. The van der Waals surface area contributed by atoms with E-state index in [1.165, 1.54) is 25.7 Å². The van der Waals surface area contributed by atoms with Gasteiger partial charge in [0.25, 0.3) is 0 Å². The second-order valence-corrected chi connectivity index (χ2v) is 4.89. The van der Waals surface area contributed by atoms with Gasteiger partial charge in [-0.3, -0.25) is 0 Å². The molecule has 0 spiro atoms. The van der Waals surface area contributed by atoms with E-state index in [0.29, 0.717) is 0 Å². The Morgan fingerprint density at radius 1 is 0.692 bits per heavy atom. The first kappa shape index (κ1) is 13.5. The van der Waals surface area contributed by atoms with Crippen LogP contribution in [0, 0.1) is 0 Å². The van der Waals surface area contributed by atoms with Crippen molar-refractivity contribution in [1.82, 2.24) is 0 Å². The molecule has 3 heteroatoms. The van der Waals surface area contributed by atoms with Gasteiger partial charge >= 0.3 is 35.0 Å². The zero-order valence-corrected chi connectivity index (χ0v) is 10.4. The zero-order chi connectivity index (χ0) is 9.78. The molecule has 0 N–H and O–H groups in total. The fourth-order valence-corrected chi connectivity index (χ4v) is 0.970. The van der Waals surface area contributed by atoms with Crippen molar-refractivity contribution in [2.75, 3.05) is 0 Å². The van der Waals surface area contributed by atoms with Crippen molar-refractivity contribution < 1.29 is 15.9 Å². The van der Waals surface area contributed by atoms with Gasteiger partial charge in [0.1, 0.15) is 0 Å². The fraction of sp³-hybridized carbons (Fsp3) is 0.400. The van der Waals surface area contributed by atoms with Gasteiger partial charge in [-0.05, 0) is 25.7 Å². The third-order valence-electron chi connectivity index (χ3n) is 1.55. The third-order valence-corrected chi connectivity index (χ3v) is 1.55. The van der Waals surface area contributed by atoms with Crippen LogP contribution in [0.15, 0.2) is 36.5 Å². The van der Waals surface area contributed by atoms with Gasteiger partial charge in [0, 0.05) is 0 Å². The van der Waals surface area contributed by atoms with Crippen LogP contribution in [0.25, 0.3) is 0 Å². The van der Waals surface area contributed by atoms with Crippen molar-refractivity contribution >= 4 is 19.1 Å². The molecule has 0 amide bonds. The Balaban J connectivity index is 0.000000424. The summed E-state index contributed by atoms with van der Waals surface area (Å²) in [6.45, 7) is 0. The van der Waals surface area contributed by atoms with Gasteiger partial charge in [-0.1, -0.05) is 36.5 Å². The van der Waals surface area contributed by atoms with E-state index in [4.69, 9.17) is 19.1 Å². The summed E-state index contributed by atoms with van der Waals surface area (Å²) < 4.78 is 0. The maximum atomic E-state index is 4.81. The van der Waals surface area contributed by atoms with Gasteiger partial charge in [0.15, 0.2) is 0 Å². The maximum absolute atomic E-state index is 4.81. The second kappa shape index (κ2) is 12.5. The molecule has 0 bridgehead atoms. The molecule has 0 radical (unpaired) electrons. The first-order chi connectivity index (χ1) is 6.41. The molecule has 0 heterocycles. The van der Waals surface area contributed by atoms with Crippen LogP contribution in [0.5, 0.6) is 0 Å². The minimum atomic E-state index is -0.106. The number of rotatable bonds is 0. The van der Waals surface area contributed by atoms with Gasteiger partial charge < -0.3 is 0 Å². The summed E-state index contributed by atoms with van der Waals surface area (Å²) in [5.41, 5.74) is 0. The summed E-state index contributed by atoms with van der Waals surface area (Å²) in [5, 5.41) is 0. The molecule has 0 aromatic carbocycles. The third kappa shape index (κ3) is 12.5. The predicted octanol–water partition coefficient (Wildman–Crippen LogP) is 4.61. The van der Waals surface area contributed by atoms with Crippen molar-refractivity contribution in [3.63, 3.8) is 0 Å². The number of hydrogen-bond donors (Lipinski definition) is 0. The standard InChI is InChI=1S/C10H14.2ClH.Pd/c1-2-4-6-8-10-9-7-5-3-1;;;/h1-4,9-10H,5-8H2;2*1H;/q;;;+2/p-2. The van der Waals surface area contributed by atoms with E-state index in [0.717, 1.165) is 0 Å². The molecule has 0 unspecified atom stereocenters. The quantitative estimate of drug-likeness (QED) is 0.453. The average molecular weight is 312 g/mol. The normalized spacial score (nSPS) is 16.5. The predicted molar refractivity (Wildman–Crippen MR) is 57.6 cm³/mol. The number of allylic oxidation sites excluding steroid dienone is 6. The molecule has 0 nitrogen and oxygen atoms in total. The Morgan fingerprint density at radius 2 is 1.00 bits per heavy atom. The molecule has 78 valence electrons. The first-order valence-corrected chi connectivity index (χ1v) is 8.21. The monoisotopic (exact) mass is 310 g/mol. The summed E-state index contributed by atoms with van der Waals surface area (Å²) in [5.74, 6) is 0. The Bertz CT molecular complexity index is 156. The average Bonchev–Trinajstić information content (AvgIpc) is 2.16. The molecular weight excluding hydrogens is 297 g/mol. The van der Waals surface area contributed by atoms with Gasteiger partial charge in [-0.25, -0.2) is 0 Å². The van der Waals surface area contributed by atoms with Gasteiger partial charge in [0.05, 0.1) is 0 Å². The molecule has 1 aliphatic carbocycles. The molecule has 1 aliphatic rings. The minimum absolute atomic E-state index is 0.106. The van der Waals surface area contributed by atoms with Gasteiger partial charge in [-0.2, -0.15) is 0 Å². The van der Waals surface area contributed by atoms with Crippen LogP contribution < -0.4 is 0 Å². The van der Waals surface area contributed by atoms with E-state index in [1.807, 2.05) is 0 Å². The van der Waals surface area contributed by atoms with Crippen molar-refractivity contribution in [2.45, 2.75) is 25.7 Å². The number of halogens is 2. The fourth-order valence-electron chi connectivity index (χ4n) is 0.970. The van der Waals surface area contributed by atoms with Crippen LogP contribution in [0.3, 0.4) is 0 Å². The van der Waals surface area contributed by atoms with Gasteiger partial charge in [0.2, 0.25) is 0 Å². The number of hydrogen-bond acceptors (Lipinski definition) is 0. The van der Waals surface area contributed by atoms with E-state index in [-0.39, 0.29) is 15.9 Å². The Morgan fingerprint density at radius 3 is 1.38 bits per heavy atom. The van der Waals surface area contributed by atoms with Crippen molar-refractivity contribution in [3.05, 3.63) is 36.5 Å². The first-order valence-electron chi connectivity index (χ1n) is 4.21. The second-order valence-electron chi connectivity index (χ2n) is 2.53. The van der Waals surface area contributed by atoms with E-state index in [9.17, 15) is 0 Å². The SMILES string of the molecule is C1=CCCC=CCCC=C1.[Cl][Pd][Cl]. The van der Waals surface area contributed by atoms with Crippen LogP contribution in [-0.2, 0) is 15.9 Å². The van der Waals surface area contributed by atoms with Crippen LogP contribution in [-0.4, -0.2) is 0 Å². The molecule has 0 saturated carbocycles. The molecule has 0 saturated heterocycles. The van der Waals surface area contributed by atoms with Crippen LogP contribution in [0.4, 0.5) is 0 Å². The van der Waals surface area contributed by atoms with Crippen LogP contribution in [0.1, 0.15) is 25.7 Å². The Hall–Kier alpha value is 0.462. The Labute approximate surface area is 96.8 Å². The van der Waals surface area contributed by atoms with Crippen LogP contribution >= 0.6 is 19.1 Å². The molecule has 13 heavy (non-hydrogen) atoms. The molecule has 0 aromatic heterocycles. The molecule has 0 aliphatic heterocycles. The Kier molecular flexibility index (Phi) is 12.9. The van der Waals surface area contributed by atoms with E-state index < -0.39 is 0 Å². The summed E-state index contributed by atoms with van der Waals surface area (Å²) in [6, 6.07) is 0. The van der Waals surface area contributed by atoms with Gasteiger partial charge in [-0.15, -0.1) is 0 Å². The van der Waals surface area contributed by atoms with E-state index in [2.05, 4.69) is 36.5 Å². The topological polar surface area (TPSA) is 0 Å². The summed E-state index contributed by atoms with van der Waals surface area (Å²) in [6.07, 6.45) is 18.0. The zero-order valence-electron chi connectivity index (χ0n) is 7.36. The van der Waals surface area contributed by atoms with E-state index in [1.54, 1.807) is 0 Å². The molecule has 1 rings (SSSR count). The molecule has 0 aromatic rings. The molecule has 0 atom stereocenters. The van der Waals surface area contributed by atoms with Crippen molar-refractivity contribution in [1.29, 1.82) is 0 Å². The summed E-state index contributed by atoms with van der Waals surface area (Å²) >= 11 is -0.106. The van der Waals surface area contributed by atoms with Crippen molar-refractivity contribution in [2.24, 2.45) is 0 Å².